The van der Waals surface area contributed by atoms with Gasteiger partial charge in [0, 0.05) is 0 Å². The molecule has 0 radical (unpaired) electrons. The van der Waals surface area contributed by atoms with Crippen molar-refractivity contribution in [1.29, 1.82) is 0 Å². The number of hydrogen-bond donors (Lipinski definition) is 0. The summed E-state index contributed by atoms with van der Waals surface area (Å²) in [7, 11) is -3.50. The van der Waals surface area contributed by atoms with Crippen LogP contribution in [0.15, 0.2) is 0 Å². The number of carbonyl (C=O) groups excluding carboxylic acids is 2. The summed E-state index contributed by atoms with van der Waals surface area (Å²) >= 11 is 23.3. The van der Waals surface area contributed by atoms with Crippen molar-refractivity contribution in [2.75, 3.05) is 39.6 Å². The first kappa shape index (κ1) is 27.1. The summed E-state index contributed by atoms with van der Waals surface area (Å²) in [6.45, 7) is 4.59. The van der Waals surface area contributed by atoms with Crippen molar-refractivity contribution >= 4 is 71.5 Å². The Hall–Kier alpha value is 0.0938. The van der Waals surface area contributed by atoms with Gasteiger partial charge in [-0.25, -0.2) is 9.59 Å². The van der Waals surface area contributed by atoms with Gasteiger partial charge in [0.05, 0.1) is 26.4 Å². The smallest absolute Gasteiger partial charge is 0.434 e. The fraction of sp³-hybridized carbons (Fsp3) is 0.857. The zero-order valence-electron chi connectivity index (χ0n) is 15.3. The lowest BCUT2D eigenvalue weighted by Crippen LogP contribution is -2.17. The largest absolute Gasteiger partial charge is 0.508 e. The van der Waals surface area contributed by atoms with E-state index in [-0.39, 0.29) is 50.7 Å². The minimum atomic E-state index is -1.75. The van der Waals surface area contributed by atoms with Crippen molar-refractivity contribution < 1.29 is 33.3 Å². The standard InChI is InChI=1S/C14H26Cl4O7Si2/c1-11(26(15)16)3-5-22-13(19)24-9-7-21-8-10-25-14(20)23-6-4-12(2)27(17)18/h11-12,26-27H,3-10H2,1-2H3. The minimum Gasteiger partial charge on any atom is -0.434 e. The predicted molar refractivity (Wildman–Crippen MR) is 111 cm³/mol. The molecular formula is C14H26Cl4O7Si2. The zero-order chi connectivity index (χ0) is 20.7. The number of carbonyl (C=O) groups is 2. The summed E-state index contributed by atoms with van der Waals surface area (Å²) < 4.78 is 24.5. The lowest BCUT2D eigenvalue weighted by molar-refractivity contribution is 0.00586. The number of halogens is 4. The lowest BCUT2D eigenvalue weighted by Gasteiger charge is -2.11. The molecule has 0 aliphatic carbocycles. The lowest BCUT2D eigenvalue weighted by atomic mass is 10.3. The maximum absolute atomic E-state index is 11.3. The Morgan fingerprint density at radius 3 is 1.33 bits per heavy atom. The second-order valence-corrected chi connectivity index (χ2v) is 16.3. The first-order chi connectivity index (χ1) is 12.7. The molecule has 160 valence electrons. The van der Waals surface area contributed by atoms with Crippen LogP contribution in [-0.2, 0) is 23.7 Å². The van der Waals surface area contributed by atoms with Crippen LogP contribution >= 0.6 is 44.3 Å². The second-order valence-electron chi connectivity index (χ2n) is 5.71. The summed E-state index contributed by atoms with van der Waals surface area (Å²) in [5.74, 6) is 0. The molecule has 0 saturated carbocycles. The van der Waals surface area contributed by atoms with Gasteiger partial charge in [-0.1, -0.05) is 13.8 Å². The van der Waals surface area contributed by atoms with E-state index in [1.54, 1.807) is 0 Å². The van der Waals surface area contributed by atoms with Crippen molar-refractivity contribution in [3.05, 3.63) is 0 Å². The van der Waals surface area contributed by atoms with Crippen LogP contribution in [0.3, 0.4) is 0 Å². The monoisotopic (exact) mass is 502 g/mol. The quantitative estimate of drug-likeness (QED) is 0.151. The van der Waals surface area contributed by atoms with Gasteiger partial charge in [-0.2, -0.15) is 44.3 Å². The van der Waals surface area contributed by atoms with Crippen LogP contribution in [0.4, 0.5) is 9.59 Å². The molecule has 2 unspecified atom stereocenters. The van der Waals surface area contributed by atoms with Crippen LogP contribution in [0.5, 0.6) is 0 Å². The first-order valence-electron chi connectivity index (χ1n) is 8.47. The van der Waals surface area contributed by atoms with Crippen LogP contribution in [0, 0.1) is 0 Å². The number of ether oxygens (including phenoxy) is 5. The van der Waals surface area contributed by atoms with Crippen molar-refractivity contribution in [3.8, 4) is 0 Å². The molecule has 27 heavy (non-hydrogen) atoms. The third-order valence-corrected chi connectivity index (χ3v) is 10.9. The molecule has 0 fully saturated rings. The van der Waals surface area contributed by atoms with E-state index >= 15 is 0 Å². The molecule has 0 aromatic heterocycles. The Labute approximate surface area is 181 Å². The first-order valence-corrected chi connectivity index (χ1v) is 16.8. The van der Waals surface area contributed by atoms with E-state index in [1.807, 2.05) is 13.8 Å². The maximum atomic E-state index is 11.3. The minimum absolute atomic E-state index is 0.0288. The Bertz CT molecular complexity index is 383. The topological polar surface area (TPSA) is 80.3 Å². The summed E-state index contributed by atoms with van der Waals surface area (Å²) in [5, 5.41) is 0. The van der Waals surface area contributed by atoms with E-state index in [9.17, 15) is 9.59 Å². The molecule has 0 amide bonds. The van der Waals surface area contributed by atoms with Crippen LogP contribution in [-0.4, -0.2) is 66.8 Å². The molecule has 0 rings (SSSR count). The molecule has 13 heteroatoms. The molecule has 0 N–H and O–H groups in total. The average Bonchev–Trinajstić information content (AvgIpc) is 2.60. The summed E-state index contributed by atoms with van der Waals surface area (Å²) in [6.07, 6.45) is -0.354. The molecule has 7 nitrogen and oxygen atoms in total. The van der Waals surface area contributed by atoms with Crippen molar-refractivity contribution in [1.82, 2.24) is 0 Å². The molecule has 2 atom stereocenters. The summed E-state index contributed by atoms with van der Waals surface area (Å²) in [5.41, 5.74) is 0.304. The van der Waals surface area contributed by atoms with Gasteiger partial charge in [0.1, 0.15) is 13.2 Å². The molecule has 0 spiro atoms. The highest BCUT2D eigenvalue weighted by molar-refractivity contribution is 7.34. The molecule has 0 bridgehead atoms. The van der Waals surface area contributed by atoms with Crippen LogP contribution in [0.25, 0.3) is 0 Å². The van der Waals surface area contributed by atoms with E-state index in [0.29, 0.717) is 12.8 Å². The SMILES string of the molecule is CC(CCOC(=O)OCCOCCOC(=O)OCCC(C)[SiH](Cl)Cl)[SiH](Cl)Cl. The van der Waals surface area contributed by atoms with Gasteiger partial charge in [-0.3, -0.25) is 0 Å². The molecule has 0 aliphatic heterocycles. The van der Waals surface area contributed by atoms with Gasteiger partial charge >= 0.3 is 12.3 Å². The predicted octanol–water partition coefficient (Wildman–Crippen LogP) is 4.27. The molecule has 0 heterocycles. The average molecular weight is 504 g/mol. The third-order valence-electron chi connectivity index (χ3n) is 3.34. The second kappa shape index (κ2) is 17.0. The highest BCUT2D eigenvalue weighted by atomic mass is 35.7. The van der Waals surface area contributed by atoms with Gasteiger partial charge < -0.3 is 23.7 Å². The molecular weight excluding hydrogens is 478 g/mol. The zero-order valence-corrected chi connectivity index (χ0v) is 20.7. The van der Waals surface area contributed by atoms with E-state index in [4.69, 9.17) is 68.0 Å². The fourth-order valence-electron chi connectivity index (χ4n) is 1.46. The van der Waals surface area contributed by atoms with Gasteiger partial charge in [0.15, 0.2) is 0 Å². The van der Waals surface area contributed by atoms with Crippen LogP contribution < -0.4 is 0 Å². The molecule has 0 aromatic carbocycles. The molecule has 0 aliphatic rings. The van der Waals surface area contributed by atoms with Crippen molar-refractivity contribution in [3.63, 3.8) is 0 Å². The van der Waals surface area contributed by atoms with Gasteiger partial charge in [-0.15, -0.1) is 0 Å². The maximum Gasteiger partial charge on any atom is 0.508 e. The van der Waals surface area contributed by atoms with E-state index < -0.39 is 27.1 Å². The van der Waals surface area contributed by atoms with Crippen LogP contribution in [0.1, 0.15) is 26.7 Å². The fourth-order valence-corrected chi connectivity index (χ4v) is 3.75. The van der Waals surface area contributed by atoms with Gasteiger partial charge in [-0.05, 0) is 23.9 Å². The van der Waals surface area contributed by atoms with Gasteiger partial charge in [0.2, 0.25) is 14.8 Å². The summed E-state index contributed by atoms with van der Waals surface area (Å²) in [6, 6.07) is 0. The Morgan fingerprint density at radius 1 is 0.667 bits per heavy atom. The number of rotatable bonds is 14. The van der Waals surface area contributed by atoms with Crippen molar-refractivity contribution in [2.24, 2.45) is 0 Å². The Morgan fingerprint density at radius 2 is 1.00 bits per heavy atom. The van der Waals surface area contributed by atoms with Gasteiger partial charge in [0.25, 0.3) is 0 Å². The van der Waals surface area contributed by atoms with Crippen LogP contribution in [0.2, 0.25) is 11.1 Å². The normalized spacial score (nSPS) is 13.3. The molecule has 0 saturated heterocycles. The van der Waals surface area contributed by atoms with E-state index in [2.05, 4.69) is 0 Å². The van der Waals surface area contributed by atoms with E-state index in [0.717, 1.165) is 0 Å². The van der Waals surface area contributed by atoms with E-state index in [1.165, 1.54) is 0 Å². The summed E-state index contributed by atoms with van der Waals surface area (Å²) in [4.78, 5) is 22.6. The Kier molecular flexibility index (Phi) is 17.1. The van der Waals surface area contributed by atoms with Crippen molar-refractivity contribution in [2.45, 2.75) is 37.8 Å². The highest BCUT2D eigenvalue weighted by Crippen LogP contribution is 2.20. The highest BCUT2D eigenvalue weighted by Gasteiger charge is 2.15. The molecule has 0 aromatic rings. The third kappa shape index (κ3) is 16.7. The number of hydrogen-bond acceptors (Lipinski definition) is 7. The Balaban J connectivity index is 3.46.